The summed E-state index contributed by atoms with van der Waals surface area (Å²) < 4.78 is 0. The molecule has 0 unspecified atom stereocenters. The van der Waals surface area contributed by atoms with E-state index in [4.69, 9.17) is 15.0 Å². The van der Waals surface area contributed by atoms with Gasteiger partial charge in [0.1, 0.15) is 0 Å². The zero-order valence-electron chi connectivity index (χ0n) is 29.5. The van der Waals surface area contributed by atoms with Gasteiger partial charge in [-0.05, 0) is 119 Å². The van der Waals surface area contributed by atoms with Gasteiger partial charge < -0.3 is 0 Å². The number of allylic oxidation sites excluding steroid dienone is 4. The van der Waals surface area contributed by atoms with Crippen molar-refractivity contribution in [3.63, 3.8) is 0 Å². The molecule has 0 N–H and O–H groups in total. The fourth-order valence-electron chi connectivity index (χ4n) is 6.34. The van der Waals surface area contributed by atoms with Crippen molar-refractivity contribution in [3.05, 3.63) is 181 Å². The third-order valence-corrected chi connectivity index (χ3v) is 9.11. The summed E-state index contributed by atoms with van der Waals surface area (Å²) in [5.74, 6) is 1.86. The topological polar surface area (TPSA) is 86.2 Å². The van der Waals surface area contributed by atoms with Crippen LogP contribution in [-0.4, -0.2) is 15.0 Å². The van der Waals surface area contributed by atoms with Crippen LogP contribution in [0.3, 0.4) is 0 Å². The minimum absolute atomic E-state index is 0.554. The Balaban J connectivity index is 1.29. The van der Waals surface area contributed by atoms with Gasteiger partial charge >= 0.3 is 0 Å². The molecule has 1 heterocycles. The summed E-state index contributed by atoms with van der Waals surface area (Å²) in [7, 11) is 0. The Morgan fingerprint density at radius 1 is 0.472 bits per heavy atom. The lowest BCUT2D eigenvalue weighted by molar-refractivity contribution is 1.02. The van der Waals surface area contributed by atoms with Crippen molar-refractivity contribution in [1.29, 1.82) is 10.5 Å². The Kier molecular flexibility index (Phi) is 10.2. The third-order valence-electron chi connectivity index (χ3n) is 9.11. The molecule has 0 aliphatic heterocycles. The summed E-state index contributed by atoms with van der Waals surface area (Å²) in [6, 6.07) is 53.0. The van der Waals surface area contributed by atoms with Gasteiger partial charge in [-0.25, -0.2) is 15.0 Å². The molecule has 0 bridgehead atoms. The van der Waals surface area contributed by atoms with E-state index in [1.165, 1.54) is 0 Å². The fourth-order valence-corrected chi connectivity index (χ4v) is 6.34. The van der Waals surface area contributed by atoms with E-state index in [0.29, 0.717) is 35.0 Å². The first kappa shape index (κ1) is 34.2. The van der Waals surface area contributed by atoms with Crippen LogP contribution in [0.4, 0.5) is 0 Å². The first-order valence-corrected chi connectivity index (χ1v) is 17.5. The standard InChI is InChI=1S/C48H35N5/c1-3-5-14-35(4-2)46-51-47(42-22-11-18-38(28-42)36-15-7-6-8-16-36)53-48(52-46)43-23-12-20-40(29-43)39-19-10-21-41(27-39)45-26-34(32-50)25-44(30-45)37-17-9-13-33(24-37)31-49/h3-13,15-30H,14H2,1-2H3/b5-3-,35-4+. The van der Waals surface area contributed by atoms with Crippen LogP contribution in [0.2, 0.25) is 0 Å². The molecule has 5 nitrogen and oxygen atoms in total. The number of nitriles is 2. The lowest BCUT2D eigenvalue weighted by atomic mass is 9.93. The van der Waals surface area contributed by atoms with E-state index in [9.17, 15) is 10.5 Å². The third kappa shape index (κ3) is 7.76. The van der Waals surface area contributed by atoms with Gasteiger partial charge in [0.25, 0.3) is 0 Å². The molecule has 252 valence electrons. The highest BCUT2D eigenvalue weighted by molar-refractivity contribution is 5.80. The smallest absolute Gasteiger partial charge is 0.164 e. The predicted octanol–water partition coefficient (Wildman–Crippen LogP) is 12.0. The van der Waals surface area contributed by atoms with Crippen molar-refractivity contribution in [2.45, 2.75) is 20.3 Å². The van der Waals surface area contributed by atoms with Crippen LogP contribution in [0.1, 0.15) is 37.2 Å². The van der Waals surface area contributed by atoms with Gasteiger partial charge in [0, 0.05) is 11.1 Å². The molecule has 0 aliphatic rings. The Morgan fingerprint density at radius 2 is 0.906 bits per heavy atom. The van der Waals surface area contributed by atoms with Crippen molar-refractivity contribution in [2.24, 2.45) is 0 Å². The van der Waals surface area contributed by atoms with E-state index in [-0.39, 0.29) is 0 Å². The molecular formula is C48H35N5. The maximum absolute atomic E-state index is 9.90. The van der Waals surface area contributed by atoms with Gasteiger partial charge in [-0.3, -0.25) is 0 Å². The van der Waals surface area contributed by atoms with E-state index >= 15 is 0 Å². The zero-order valence-corrected chi connectivity index (χ0v) is 29.5. The molecule has 0 saturated carbocycles. The second kappa shape index (κ2) is 15.8. The van der Waals surface area contributed by atoms with Gasteiger partial charge in [-0.1, -0.05) is 115 Å². The normalized spacial score (nSPS) is 11.3. The van der Waals surface area contributed by atoms with E-state index in [1.807, 2.05) is 98.8 Å². The van der Waals surface area contributed by atoms with Gasteiger partial charge in [0.2, 0.25) is 0 Å². The highest BCUT2D eigenvalue weighted by Crippen LogP contribution is 2.33. The van der Waals surface area contributed by atoms with Crippen LogP contribution in [0.15, 0.2) is 164 Å². The maximum Gasteiger partial charge on any atom is 0.164 e. The monoisotopic (exact) mass is 681 g/mol. The minimum atomic E-state index is 0.554. The summed E-state index contributed by atoms with van der Waals surface area (Å²) in [4.78, 5) is 15.1. The number of hydrogen-bond acceptors (Lipinski definition) is 5. The van der Waals surface area contributed by atoms with Crippen molar-refractivity contribution in [1.82, 2.24) is 15.0 Å². The number of hydrogen-bond donors (Lipinski definition) is 0. The van der Waals surface area contributed by atoms with Crippen molar-refractivity contribution in [3.8, 4) is 79.4 Å². The molecule has 6 aromatic carbocycles. The molecular weight excluding hydrogens is 647 g/mol. The predicted molar refractivity (Wildman–Crippen MR) is 215 cm³/mol. The average molecular weight is 682 g/mol. The first-order chi connectivity index (χ1) is 26.0. The van der Waals surface area contributed by atoms with Crippen LogP contribution in [0.5, 0.6) is 0 Å². The quantitative estimate of drug-likeness (QED) is 0.142. The van der Waals surface area contributed by atoms with E-state index in [1.54, 1.807) is 6.07 Å². The summed E-state index contributed by atoms with van der Waals surface area (Å²) in [5.41, 5.74) is 11.9. The van der Waals surface area contributed by atoms with E-state index in [2.05, 4.69) is 85.0 Å². The van der Waals surface area contributed by atoms with E-state index < -0.39 is 0 Å². The summed E-state index contributed by atoms with van der Waals surface area (Å²) in [5, 5.41) is 19.3. The summed E-state index contributed by atoms with van der Waals surface area (Å²) in [6.45, 7) is 4.03. The van der Waals surface area contributed by atoms with Crippen molar-refractivity contribution >= 4 is 5.57 Å². The van der Waals surface area contributed by atoms with Crippen LogP contribution in [0.25, 0.3) is 72.9 Å². The van der Waals surface area contributed by atoms with Crippen LogP contribution >= 0.6 is 0 Å². The summed E-state index contributed by atoms with van der Waals surface area (Å²) >= 11 is 0. The van der Waals surface area contributed by atoms with Gasteiger partial charge in [0.15, 0.2) is 17.5 Å². The van der Waals surface area contributed by atoms with Gasteiger partial charge in [-0.2, -0.15) is 10.5 Å². The molecule has 1 aromatic heterocycles. The molecule has 7 rings (SSSR count). The fraction of sp³-hybridized carbons (Fsp3) is 0.0625. The van der Waals surface area contributed by atoms with E-state index in [0.717, 1.165) is 61.2 Å². The van der Waals surface area contributed by atoms with Gasteiger partial charge in [0.05, 0.1) is 23.3 Å². The molecule has 5 heteroatoms. The number of rotatable bonds is 9. The highest BCUT2D eigenvalue weighted by atomic mass is 15.0. The second-order valence-electron chi connectivity index (χ2n) is 12.6. The first-order valence-electron chi connectivity index (χ1n) is 17.5. The second-order valence-corrected chi connectivity index (χ2v) is 12.6. The Hall–Kier alpha value is -7.21. The number of aromatic nitrogens is 3. The molecule has 0 aliphatic carbocycles. The Morgan fingerprint density at radius 3 is 1.45 bits per heavy atom. The van der Waals surface area contributed by atoms with Crippen molar-refractivity contribution in [2.75, 3.05) is 0 Å². The molecule has 0 amide bonds. The van der Waals surface area contributed by atoms with Crippen LogP contribution in [-0.2, 0) is 0 Å². The maximum atomic E-state index is 9.90. The molecule has 53 heavy (non-hydrogen) atoms. The minimum Gasteiger partial charge on any atom is -0.209 e. The van der Waals surface area contributed by atoms with Crippen LogP contribution in [0, 0.1) is 22.7 Å². The Bertz CT molecular complexity index is 2590. The molecule has 7 aromatic rings. The van der Waals surface area contributed by atoms with Gasteiger partial charge in [-0.15, -0.1) is 0 Å². The zero-order chi connectivity index (χ0) is 36.6. The largest absolute Gasteiger partial charge is 0.209 e. The van der Waals surface area contributed by atoms with Crippen LogP contribution < -0.4 is 0 Å². The van der Waals surface area contributed by atoms with Crippen molar-refractivity contribution < 1.29 is 0 Å². The number of benzene rings is 6. The average Bonchev–Trinajstić information content (AvgIpc) is 3.24. The molecule has 0 atom stereocenters. The molecule has 0 fully saturated rings. The Labute approximate surface area is 310 Å². The molecule has 0 radical (unpaired) electrons. The SMILES string of the molecule is C/C=C\C/C(=C\C)c1nc(-c2cccc(-c3ccccc3)c2)nc(-c2cccc(-c3cccc(-c4cc(C#N)cc(-c5cccc(C#N)c5)c4)c3)c2)n1. The molecule has 0 spiro atoms. The highest BCUT2D eigenvalue weighted by Gasteiger charge is 2.15. The lowest BCUT2D eigenvalue weighted by Gasteiger charge is -2.12. The summed E-state index contributed by atoms with van der Waals surface area (Å²) in [6.07, 6.45) is 6.93. The molecule has 0 saturated heterocycles. The number of nitrogens with zero attached hydrogens (tertiary/aromatic N) is 5. The lowest BCUT2D eigenvalue weighted by Crippen LogP contribution is -2.03.